The molecule has 0 aliphatic carbocycles. The molecule has 12 heavy (non-hydrogen) atoms. The molecule has 0 N–H and O–H groups in total. The average Bonchev–Trinajstić information content (AvgIpc) is 1.99. The van der Waals surface area contributed by atoms with Crippen molar-refractivity contribution in [1.29, 1.82) is 10.5 Å². The van der Waals surface area contributed by atoms with E-state index in [2.05, 4.69) is 12.1 Å². The van der Waals surface area contributed by atoms with Crippen LogP contribution in [0.3, 0.4) is 0 Å². The van der Waals surface area contributed by atoms with Crippen LogP contribution in [0.15, 0.2) is 12.2 Å². The Morgan fingerprint density at radius 1 is 1.42 bits per heavy atom. The molecule has 0 rings (SSSR count). The summed E-state index contributed by atoms with van der Waals surface area (Å²) in [5.41, 5.74) is 0. The van der Waals surface area contributed by atoms with E-state index in [1.165, 1.54) is 0 Å². The lowest BCUT2D eigenvalue weighted by molar-refractivity contribution is -0.893. The molecule has 0 aromatic carbocycles. The van der Waals surface area contributed by atoms with Gasteiger partial charge in [0.25, 0.3) is 0 Å². The molecule has 3 heteroatoms. The molecule has 0 heterocycles. The lowest BCUT2D eigenvalue weighted by Crippen LogP contribution is -2.47. The standard InChI is InChI=1S/C9H14N3/c1-4-5-9(8-11)12(2,3)7-6-10/h4-5,9H,7H2,1-3H3/q+1/b5-4+. The minimum atomic E-state index is -0.227. The van der Waals surface area contributed by atoms with Gasteiger partial charge in [-0.1, -0.05) is 6.08 Å². The Bertz CT molecular complexity index is 239. The third-order valence-corrected chi connectivity index (χ3v) is 1.74. The molecule has 0 aromatic rings. The number of hydrogen-bond acceptors (Lipinski definition) is 2. The summed E-state index contributed by atoms with van der Waals surface area (Å²) in [5.74, 6) is 0. The normalized spacial score (nSPS) is 13.8. The minimum absolute atomic E-state index is 0.227. The highest BCUT2D eigenvalue weighted by atomic mass is 15.3. The summed E-state index contributed by atoms with van der Waals surface area (Å²) in [6.45, 7) is 2.22. The first kappa shape index (κ1) is 10.7. The second kappa shape index (κ2) is 4.54. The van der Waals surface area contributed by atoms with Crippen molar-refractivity contribution >= 4 is 0 Å². The molecular formula is C9H14N3+. The van der Waals surface area contributed by atoms with Gasteiger partial charge in [0.2, 0.25) is 0 Å². The maximum Gasteiger partial charge on any atom is 0.195 e. The van der Waals surface area contributed by atoms with Crippen LogP contribution < -0.4 is 0 Å². The van der Waals surface area contributed by atoms with Gasteiger partial charge in [-0.2, -0.15) is 10.5 Å². The number of quaternary nitrogens is 1. The summed E-state index contributed by atoms with van der Waals surface area (Å²) >= 11 is 0. The van der Waals surface area contributed by atoms with Crippen LogP contribution in [-0.2, 0) is 0 Å². The Balaban J connectivity index is 4.52. The lowest BCUT2D eigenvalue weighted by Gasteiger charge is -2.29. The van der Waals surface area contributed by atoms with E-state index < -0.39 is 0 Å². The molecule has 0 bridgehead atoms. The van der Waals surface area contributed by atoms with E-state index in [-0.39, 0.29) is 6.04 Å². The van der Waals surface area contributed by atoms with E-state index in [0.717, 1.165) is 0 Å². The summed E-state index contributed by atoms with van der Waals surface area (Å²) < 4.78 is 0.400. The summed E-state index contributed by atoms with van der Waals surface area (Å²) in [4.78, 5) is 0. The zero-order valence-corrected chi connectivity index (χ0v) is 7.78. The van der Waals surface area contributed by atoms with Crippen molar-refractivity contribution in [3.63, 3.8) is 0 Å². The Hall–Kier alpha value is -1.32. The van der Waals surface area contributed by atoms with E-state index in [1.54, 1.807) is 0 Å². The van der Waals surface area contributed by atoms with Crippen molar-refractivity contribution in [2.45, 2.75) is 13.0 Å². The van der Waals surface area contributed by atoms with Crippen LogP contribution in [0.2, 0.25) is 0 Å². The molecule has 0 aliphatic heterocycles. The predicted molar refractivity (Wildman–Crippen MR) is 46.8 cm³/mol. The lowest BCUT2D eigenvalue weighted by atomic mass is 10.2. The number of rotatable bonds is 3. The van der Waals surface area contributed by atoms with Gasteiger partial charge in [0.15, 0.2) is 12.6 Å². The molecule has 64 valence electrons. The third kappa shape index (κ3) is 2.74. The van der Waals surface area contributed by atoms with Gasteiger partial charge in [0.05, 0.1) is 14.1 Å². The second-order valence-electron chi connectivity index (χ2n) is 3.19. The Kier molecular flexibility index (Phi) is 4.04. The zero-order valence-electron chi connectivity index (χ0n) is 7.78. The minimum Gasteiger partial charge on any atom is -0.299 e. The first-order valence-corrected chi connectivity index (χ1v) is 3.80. The van der Waals surface area contributed by atoms with Gasteiger partial charge in [-0.05, 0) is 13.0 Å². The summed E-state index contributed by atoms with van der Waals surface area (Å²) in [6.07, 6.45) is 3.66. The van der Waals surface area contributed by atoms with E-state index in [4.69, 9.17) is 10.5 Å². The van der Waals surface area contributed by atoms with Crippen LogP contribution in [0.4, 0.5) is 0 Å². The van der Waals surface area contributed by atoms with Crippen molar-refractivity contribution in [3.8, 4) is 12.1 Å². The quantitative estimate of drug-likeness (QED) is 0.355. The molecule has 0 radical (unpaired) electrons. The molecule has 1 unspecified atom stereocenters. The summed E-state index contributed by atoms with van der Waals surface area (Å²) in [7, 11) is 3.74. The van der Waals surface area contributed by atoms with Crippen molar-refractivity contribution in [2.75, 3.05) is 20.6 Å². The number of nitrogens with zero attached hydrogens (tertiary/aromatic N) is 3. The number of nitriles is 2. The Morgan fingerprint density at radius 3 is 2.33 bits per heavy atom. The van der Waals surface area contributed by atoms with Crippen molar-refractivity contribution in [2.24, 2.45) is 0 Å². The second-order valence-corrected chi connectivity index (χ2v) is 3.19. The van der Waals surface area contributed by atoms with Crippen LogP contribution in [-0.4, -0.2) is 31.2 Å². The third-order valence-electron chi connectivity index (χ3n) is 1.74. The molecule has 0 saturated heterocycles. The highest BCUT2D eigenvalue weighted by molar-refractivity contribution is 5.01. The largest absolute Gasteiger partial charge is 0.299 e. The Morgan fingerprint density at radius 2 is 2.00 bits per heavy atom. The molecule has 0 saturated carbocycles. The first-order chi connectivity index (χ1) is 5.58. The van der Waals surface area contributed by atoms with Gasteiger partial charge in [0, 0.05) is 0 Å². The van der Waals surface area contributed by atoms with Gasteiger partial charge in [-0.15, -0.1) is 0 Å². The first-order valence-electron chi connectivity index (χ1n) is 3.80. The molecule has 0 amide bonds. The SMILES string of the molecule is C/C=C/C(C#N)[N+](C)(C)CC#N. The van der Waals surface area contributed by atoms with Crippen LogP contribution in [0.1, 0.15) is 6.92 Å². The van der Waals surface area contributed by atoms with Gasteiger partial charge in [-0.3, -0.25) is 4.48 Å². The monoisotopic (exact) mass is 164 g/mol. The molecule has 1 atom stereocenters. The fraction of sp³-hybridized carbons (Fsp3) is 0.556. The van der Waals surface area contributed by atoms with Gasteiger partial charge < -0.3 is 0 Å². The van der Waals surface area contributed by atoms with Crippen molar-refractivity contribution < 1.29 is 4.48 Å². The van der Waals surface area contributed by atoms with E-state index in [0.29, 0.717) is 11.0 Å². The number of likely N-dealkylation sites (N-methyl/N-ethyl adjacent to an activating group) is 1. The molecule has 0 aromatic heterocycles. The molecule has 0 spiro atoms. The number of hydrogen-bond donors (Lipinski definition) is 0. The fourth-order valence-electron chi connectivity index (χ4n) is 0.895. The summed E-state index contributed by atoms with van der Waals surface area (Å²) in [5, 5.41) is 17.3. The van der Waals surface area contributed by atoms with Crippen molar-refractivity contribution in [1.82, 2.24) is 0 Å². The molecular weight excluding hydrogens is 150 g/mol. The highest BCUT2D eigenvalue weighted by Crippen LogP contribution is 2.06. The average molecular weight is 164 g/mol. The maximum absolute atomic E-state index is 8.79. The zero-order chi connectivity index (χ0) is 9.61. The van der Waals surface area contributed by atoms with Crippen LogP contribution in [0.5, 0.6) is 0 Å². The number of allylic oxidation sites excluding steroid dienone is 1. The van der Waals surface area contributed by atoms with E-state index in [9.17, 15) is 0 Å². The molecule has 0 aliphatic rings. The smallest absolute Gasteiger partial charge is 0.195 e. The van der Waals surface area contributed by atoms with Crippen LogP contribution in [0, 0.1) is 22.7 Å². The van der Waals surface area contributed by atoms with Gasteiger partial charge >= 0.3 is 0 Å². The van der Waals surface area contributed by atoms with Gasteiger partial charge in [0.1, 0.15) is 12.1 Å². The Labute approximate surface area is 73.7 Å². The maximum atomic E-state index is 8.79. The fourth-order valence-corrected chi connectivity index (χ4v) is 0.895. The van der Waals surface area contributed by atoms with E-state index in [1.807, 2.05) is 33.2 Å². The van der Waals surface area contributed by atoms with Crippen LogP contribution in [0.25, 0.3) is 0 Å². The molecule has 0 fully saturated rings. The topological polar surface area (TPSA) is 47.6 Å². The van der Waals surface area contributed by atoms with Crippen molar-refractivity contribution in [3.05, 3.63) is 12.2 Å². The van der Waals surface area contributed by atoms with E-state index >= 15 is 0 Å². The predicted octanol–water partition coefficient (Wildman–Crippen LogP) is 1.05. The van der Waals surface area contributed by atoms with Gasteiger partial charge in [-0.25, -0.2) is 0 Å². The highest BCUT2D eigenvalue weighted by Gasteiger charge is 2.24. The summed E-state index contributed by atoms with van der Waals surface area (Å²) in [6, 6.07) is 4.00. The van der Waals surface area contributed by atoms with Crippen LogP contribution >= 0.6 is 0 Å². The molecule has 3 nitrogen and oxygen atoms in total.